The van der Waals surface area contributed by atoms with Crippen LogP contribution in [0.4, 0.5) is 11.4 Å². The van der Waals surface area contributed by atoms with Crippen LogP contribution in [0.1, 0.15) is 31.7 Å². The number of nitrogens with zero attached hydrogens (tertiary/aromatic N) is 2. The van der Waals surface area contributed by atoms with E-state index in [1.807, 2.05) is 31.2 Å². The van der Waals surface area contributed by atoms with Crippen molar-refractivity contribution >= 4 is 52.3 Å². The monoisotopic (exact) mass is 461 g/mol. The maximum absolute atomic E-state index is 12.8. The number of nitrogens with one attached hydrogen (secondary N) is 1. The number of amides is 3. The Bertz CT molecular complexity index is 963. The molecule has 164 valence electrons. The Balaban J connectivity index is 1.60. The Morgan fingerprint density at radius 1 is 1.13 bits per heavy atom. The first-order chi connectivity index (χ1) is 14.9. The van der Waals surface area contributed by atoms with E-state index >= 15 is 0 Å². The van der Waals surface area contributed by atoms with Gasteiger partial charge in [0.15, 0.2) is 0 Å². The standard InChI is InChI=1S/C23H25Cl2N3O3/c1-2-11-27(15-21(29)26-20-10-7-17(24)14-19(20)25)23(31)13-16-5-8-18(9-6-16)28-12-3-4-22(28)30/h5-10,14H,2-4,11-13,15H2,1H3,(H,26,29). The van der Waals surface area contributed by atoms with E-state index in [0.29, 0.717) is 28.7 Å². The molecule has 31 heavy (non-hydrogen) atoms. The van der Waals surface area contributed by atoms with Gasteiger partial charge in [-0.3, -0.25) is 14.4 Å². The number of hydrogen-bond acceptors (Lipinski definition) is 3. The number of halogens is 2. The molecule has 0 aromatic heterocycles. The lowest BCUT2D eigenvalue weighted by Crippen LogP contribution is -2.39. The van der Waals surface area contributed by atoms with E-state index in [9.17, 15) is 14.4 Å². The van der Waals surface area contributed by atoms with Gasteiger partial charge in [0.05, 0.1) is 23.7 Å². The third-order valence-electron chi connectivity index (χ3n) is 5.06. The van der Waals surface area contributed by atoms with Gasteiger partial charge in [0, 0.05) is 30.2 Å². The molecule has 1 saturated heterocycles. The van der Waals surface area contributed by atoms with Crippen LogP contribution in [-0.4, -0.2) is 42.3 Å². The fraction of sp³-hybridized carbons (Fsp3) is 0.348. The first kappa shape index (κ1) is 23.1. The van der Waals surface area contributed by atoms with E-state index in [-0.39, 0.29) is 30.7 Å². The van der Waals surface area contributed by atoms with E-state index in [1.54, 1.807) is 23.1 Å². The summed E-state index contributed by atoms with van der Waals surface area (Å²) >= 11 is 12.0. The Kier molecular flexibility index (Phi) is 7.93. The molecular formula is C23H25Cl2N3O3. The number of anilines is 2. The lowest BCUT2D eigenvalue weighted by molar-refractivity contribution is -0.134. The van der Waals surface area contributed by atoms with Crippen molar-refractivity contribution in [3.05, 3.63) is 58.1 Å². The van der Waals surface area contributed by atoms with E-state index in [4.69, 9.17) is 23.2 Å². The smallest absolute Gasteiger partial charge is 0.244 e. The first-order valence-corrected chi connectivity index (χ1v) is 11.0. The van der Waals surface area contributed by atoms with Crippen molar-refractivity contribution < 1.29 is 14.4 Å². The third-order valence-corrected chi connectivity index (χ3v) is 5.61. The van der Waals surface area contributed by atoms with E-state index in [0.717, 1.165) is 30.6 Å². The van der Waals surface area contributed by atoms with Gasteiger partial charge in [-0.2, -0.15) is 0 Å². The summed E-state index contributed by atoms with van der Waals surface area (Å²) < 4.78 is 0. The maximum atomic E-state index is 12.8. The van der Waals surface area contributed by atoms with Crippen LogP contribution in [0.2, 0.25) is 10.0 Å². The highest BCUT2D eigenvalue weighted by molar-refractivity contribution is 6.36. The maximum Gasteiger partial charge on any atom is 0.244 e. The van der Waals surface area contributed by atoms with E-state index in [2.05, 4.69) is 5.32 Å². The lowest BCUT2D eigenvalue weighted by Gasteiger charge is -2.22. The number of rotatable bonds is 8. The van der Waals surface area contributed by atoms with Crippen molar-refractivity contribution in [3.8, 4) is 0 Å². The molecule has 0 saturated carbocycles. The van der Waals surface area contributed by atoms with Crippen molar-refractivity contribution in [2.24, 2.45) is 0 Å². The Labute approximate surface area is 192 Å². The van der Waals surface area contributed by atoms with Gasteiger partial charge in [0.1, 0.15) is 0 Å². The van der Waals surface area contributed by atoms with Gasteiger partial charge < -0.3 is 15.1 Å². The number of carbonyl (C=O) groups excluding carboxylic acids is 3. The average molecular weight is 462 g/mol. The van der Waals surface area contributed by atoms with Gasteiger partial charge in [0.2, 0.25) is 17.7 Å². The summed E-state index contributed by atoms with van der Waals surface area (Å²) in [5, 5.41) is 3.54. The minimum Gasteiger partial charge on any atom is -0.333 e. The highest BCUT2D eigenvalue weighted by Crippen LogP contribution is 2.25. The molecule has 0 radical (unpaired) electrons. The van der Waals surface area contributed by atoms with Crippen molar-refractivity contribution in [2.75, 3.05) is 29.9 Å². The lowest BCUT2D eigenvalue weighted by atomic mass is 10.1. The molecule has 8 heteroatoms. The molecule has 1 N–H and O–H groups in total. The largest absolute Gasteiger partial charge is 0.333 e. The summed E-state index contributed by atoms with van der Waals surface area (Å²) in [5.41, 5.74) is 2.14. The molecule has 2 aromatic rings. The quantitative estimate of drug-likeness (QED) is 0.626. The molecule has 0 bridgehead atoms. The van der Waals surface area contributed by atoms with Crippen molar-refractivity contribution in [3.63, 3.8) is 0 Å². The van der Waals surface area contributed by atoms with Gasteiger partial charge in [-0.25, -0.2) is 0 Å². The summed E-state index contributed by atoms with van der Waals surface area (Å²) in [6, 6.07) is 12.3. The van der Waals surface area contributed by atoms with E-state index < -0.39 is 0 Å². The average Bonchev–Trinajstić information content (AvgIpc) is 3.16. The second kappa shape index (κ2) is 10.6. The summed E-state index contributed by atoms with van der Waals surface area (Å²) in [5.74, 6) is -0.331. The van der Waals surface area contributed by atoms with E-state index in [1.165, 1.54) is 4.90 Å². The highest BCUT2D eigenvalue weighted by Gasteiger charge is 2.22. The van der Waals surface area contributed by atoms with Crippen LogP contribution in [0.5, 0.6) is 0 Å². The molecule has 0 unspecified atom stereocenters. The fourth-order valence-electron chi connectivity index (χ4n) is 3.52. The first-order valence-electron chi connectivity index (χ1n) is 10.3. The summed E-state index contributed by atoms with van der Waals surface area (Å²) in [6.07, 6.45) is 2.36. The molecule has 1 fully saturated rings. The third kappa shape index (κ3) is 6.21. The summed E-state index contributed by atoms with van der Waals surface area (Å²) in [4.78, 5) is 40.5. The topological polar surface area (TPSA) is 69.7 Å². The summed E-state index contributed by atoms with van der Waals surface area (Å²) in [6.45, 7) is 3.09. The number of hydrogen-bond donors (Lipinski definition) is 1. The van der Waals surface area contributed by atoms with Crippen molar-refractivity contribution in [1.82, 2.24) is 4.90 Å². The Morgan fingerprint density at radius 2 is 1.87 bits per heavy atom. The minimum atomic E-state index is -0.325. The molecule has 0 spiro atoms. The zero-order valence-corrected chi connectivity index (χ0v) is 18.9. The molecule has 6 nitrogen and oxygen atoms in total. The molecule has 0 aliphatic carbocycles. The molecule has 2 aromatic carbocycles. The molecule has 1 aliphatic rings. The van der Waals surface area contributed by atoms with Gasteiger partial charge in [-0.1, -0.05) is 42.3 Å². The van der Waals surface area contributed by atoms with Gasteiger partial charge in [-0.15, -0.1) is 0 Å². The van der Waals surface area contributed by atoms with Crippen LogP contribution in [0, 0.1) is 0 Å². The Morgan fingerprint density at radius 3 is 2.48 bits per heavy atom. The predicted octanol–water partition coefficient (Wildman–Crippen LogP) is 4.54. The molecule has 0 atom stereocenters. The molecule has 3 rings (SSSR count). The van der Waals surface area contributed by atoms with Gasteiger partial charge in [0.25, 0.3) is 0 Å². The number of carbonyl (C=O) groups is 3. The Hall–Kier alpha value is -2.57. The van der Waals surface area contributed by atoms with Crippen LogP contribution in [-0.2, 0) is 20.8 Å². The predicted molar refractivity (Wildman–Crippen MR) is 124 cm³/mol. The minimum absolute atomic E-state index is 0.0635. The molecule has 3 amide bonds. The number of benzene rings is 2. The SMILES string of the molecule is CCCN(CC(=O)Nc1ccc(Cl)cc1Cl)C(=O)Cc1ccc(N2CCCC2=O)cc1. The van der Waals surface area contributed by atoms with Crippen molar-refractivity contribution in [2.45, 2.75) is 32.6 Å². The van der Waals surface area contributed by atoms with Crippen LogP contribution in [0.15, 0.2) is 42.5 Å². The van der Waals surface area contributed by atoms with Crippen LogP contribution >= 0.6 is 23.2 Å². The zero-order chi connectivity index (χ0) is 22.4. The van der Waals surface area contributed by atoms with Gasteiger partial charge in [-0.05, 0) is 48.7 Å². The second-order valence-corrected chi connectivity index (χ2v) is 8.32. The van der Waals surface area contributed by atoms with Crippen LogP contribution in [0.3, 0.4) is 0 Å². The normalized spacial score (nSPS) is 13.4. The molecule has 1 heterocycles. The van der Waals surface area contributed by atoms with Crippen molar-refractivity contribution in [1.29, 1.82) is 0 Å². The molecule has 1 aliphatic heterocycles. The summed E-state index contributed by atoms with van der Waals surface area (Å²) in [7, 11) is 0. The van der Waals surface area contributed by atoms with Crippen LogP contribution < -0.4 is 10.2 Å². The second-order valence-electron chi connectivity index (χ2n) is 7.48. The van der Waals surface area contributed by atoms with Gasteiger partial charge >= 0.3 is 0 Å². The van der Waals surface area contributed by atoms with Crippen LogP contribution in [0.25, 0.3) is 0 Å². The molecular weight excluding hydrogens is 437 g/mol. The fourth-order valence-corrected chi connectivity index (χ4v) is 3.97. The zero-order valence-electron chi connectivity index (χ0n) is 17.4. The highest BCUT2D eigenvalue weighted by atomic mass is 35.5.